The van der Waals surface area contributed by atoms with Gasteiger partial charge in [0.25, 0.3) is 0 Å². The molecule has 0 bridgehead atoms. The zero-order chi connectivity index (χ0) is 8.81. The highest BCUT2D eigenvalue weighted by Crippen LogP contribution is 1.81. The van der Waals surface area contributed by atoms with Gasteiger partial charge in [0.15, 0.2) is 0 Å². The summed E-state index contributed by atoms with van der Waals surface area (Å²) in [5.74, 6) is 0. The number of aliphatic hydroxyl groups is 1. The van der Waals surface area contributed by atoms with Crippen LogP contribution in [0.4, 0.5) is 0 Å². The number of rotatable bonds is 5. The highest BCUT2D eigenvalue weighted by Gasteiger charge is 1.97. The molecule has 0 spiro atoms. The van der Waals surface area contributed by atoms with Crippen LogP contribution in [-0.2, 0) is 6.54 Å². The number of aromatic nitrogens is 3. The Hall–Kier alpha value is -0.940. The molecule has 0 aliphatic heterocycles. The van der Waals surface area contributed by atoms with Crippen LogP contribution in [0.5, 0.6) is 0 Å². The van der Waals surface area contributed by atoms with E-state index in [2.05, 4.69) is 15.4 Å². The molecule has 0 aliphatic carbocycles. The SMILES string of the molecule is CC(CO)NCCn1cncn1. The molecule has 1 aromatic rings. The van der Waals surface area contributed by atoms with Crippen LogP contribution in [0.2, 0.25) is 0 Å². The van der Waals surface area contributed by atoms with E-state index < -0.39 is 0 Å². The fourth-order valence-corrected chi connectivity index (χ4v) is 0.838. The van der Waals surface area contributed by atoms with E-state index >= 15 is 0 Å². The maximum atomic E-state index is 8.69. The molecule has 1 heterocycles. The lowest BCUT2D eigenvalue weighted by molar-refractivity contribution is 0.250. The van der Waals surface area contributed by atoms with Crippen molar-refractivity contribution < 1.29 is 5.11 Å². The normalized spacial score (nSPS) is 13.2. The van der Waals surface area contributed by atoms with Gasteiger partial charge in [-0.25, -0.2) is 4.98 Å². The van der Waals surface area contributed by atoms with Crippen molar-refractivity contribution >= 4 is 0 Å². The molecule has 0 amide bonds. The Kier molecular flexibility index (Phi) is 3.69. The van der Waals surface area contributed by atoms with Gasteiger partial charge in [0.2, 0.25) is 0 Å². The zero-order valence-electron chi connectivity index (χ0n) is 7.14. The van der Waals surface area contributed by atoms with E-state index in [0.717, 1.165) is 13.1 Å². The average molecular weight is 170 g/mol. The molecule has 2 N–H and O–H groups in total. The van der Waals surface area contributed by atoms with Gasteiger partial charge in [-0.3, -0.25) is 4.68 Å². The molecule has 0 aliphatic rings. The van der Waals surface area contributed by atoms with Crippen molar-refractivity contribution in [1.82, 2.24) is 20.1 Å². The molecule has 0 saturated carbocycles. The zero-order valence-corrected chi connectivity index (χ0v) is 7.14. The standard InChI is InChI=1S/C7H14N4O/c1-7(4-12)9-2-3-11-6-8-5-10-11/h5-7,9,12H,2-4H2,1H3. The van der Waals surface area contributed by atoms with E-state index in [0.29, 0.717) is 0 Å². The Labute approximate surface area is 71.4 Å². The van der Waals surface area contributed by atoms with Crippen molar-refractivity contribution in [2.75, 3.05) is 13.2 Å². The lowest BCUT2D eigenvalue weighted by Crippen LogP contribution is -2.32. The molecule has 5 heteroatoms. The van der Waals surface area contributed by atoms with Crippen LogP contribution in [-0.4, -0.2) is 39.1 Å². The first-order valence-corrected chi connectivity index (χ1v) is 3.99. The van der Waals surface area contributed by atoms with Crippen molar-refractivity contribution in [3.63, 3.8) is 0 Å². The van der Waals surface area contributed by atoms with E-state index in [9.17, 15) is 0 Å². The molecular formula is C7H14N4O. The molecule has 1 unspecified atom stereocenters. The van der Waals surface area contributed by atoms with Gasteiger partial charge >= 0.3 is 0 Å². The number of aliphatic hydroxyl groups excluding tert-OH is 1. The second kappa shape index (κ2) is 4.84. The Morgan fingerprint density at radius 1 is 1.67 bits per heavy atom. The van der Waals surface area contributed by atoms with Crippen LogP contribution < -0.4 is 5.32 Å². The van der Waals surface area contributed by atoms with Crippen LogP contribution >= 0.6 is 0 Å². The fraction of sp³-hybridized carbons (Fsp3) is 0.714. The van der Waals surface area contributed by atoms with Crippen molar-refractivity contribution in [3.05, 3.63) is 12.7 Å². The van der Waals surface area contributed by atoms with E-state index in [1.54, 1.807) is 11.0 Å². The molecular weight excluding hydrogens is 156 g/mol. The second-order valence-electron chi connectivity index (χ2n) is 2.70. The van der Waals surface area contributed by atoms with Gasteiger partial charge in [-0.05, 0) is 6.92 Å². The summed E-state index contributed by atoms with van der Waals surface area (Å²) in [6, 6.07) is 0.147. The summed E-state index contributed by atoms with van der Waals surface area (Å²) in [7, 11) is 0. The summed E-state index contributed by atoms with van der Waals surface area (Å²) in [6.07, 6.45) is 3.18. The maximum absolute atomic E-state index is 8.69. The van der Waals surface area contributed by atoms with Gasteiger partial charge in [-0.2, -0.15) is 5.10 Å². The minimum Gasteiger partial charge on any atom is -0.395 e. The average Bonchev–Trinajstić information content (AvgIpc) is 2.57. The summed E-state index contributed by atoms with van der Waals surface area (Å²) in [5, 5.41) is 15.8. The summed E-state index contributed by atoms with van der Waals surface area (Å²) in [4.78, 5) is 3.81. The predicted molar refractivity (Wildman–Crippen MR) is 44.6 cm³/mol. The van der Waals surface area contributed by atoms with Gasteiger partial charge in [0.05, 0.1) is 13.2 Å². The molecule has 1 aromatic heterocycles. The van der Waals surface area contributed by atoms with E-state index in [-0.39, 0.29) is 12.6 Å². The van der Waals surface area contributed by atoms with Crippen molar-refractivity contribution in [3.8, 4) is 0 Å². The molecule has 68 valence electrons. The Balaban J connectivity index is 2.11. The third-order valence-corrected chi connectivity index (χ3v) is 1.57. The largest absolute Gasteiger partial charge is 0.395 e. The molecule has 12 heavy (non-hydrogen) atoms. The monoisotopic (exact) mass is 170 g/mol. The minimum absolute atomic E-state index is 0.147. The second-order valence-corrected chi connectivity index (χ2v) is 2.70. The van der Waals surface area contributed by atoms with Crippen LogP contribution in [0, 0.1) is 0 Å². The lowest BCUT2D eigenvalue weighted by Gasteiger charge is -2.09. The highest BCUT2D eigenvalue weighted by atomic mass is 16.3. The molecule has 1 rings (SSSR count). The van der Waals surface area contributed by atoms with E-state index in [1.807, 2.05) is 6.92 Å². The Morgan fingerprint density at radius 3 is 3.08 bits per heavy atom. The van der Waals surface area contributed by atoms with Gasteiger partial charge in [0.1, 0.15) is 12.7 Å². The van der Waals surface area contributed by atoms with Gasteiger partial charge < -0.3 is 10.4 Å². The predicted octanol–water partition coefficient (Wildman–Crippen LogP) is -0.752. The molecule has 1 atom stereocenters. The van der Waals surface area contributed by atoms with Crippen molar-refractivity contribution in [2.24, 2.45) is 0 Å². The van der Waals surface area contributed by atoms with Crippen LogP contribution in [0.25, 0.3) is 0 Å². The van der Waals surface area contributed by atoms with Crippen LogP contribution in [0.3, 0.4) is 0 Å². The van der Waals surface area contributed by atoms with Crippen molar-refractivity contribution in [2.45, 2.75) is 19.5 Å². The fourth-order valence-electron chi connectivity index (χ4n) is 0.838. The Bertz CT molecular complexity index is 199. The van der Waals surface area contributed by atoms with Gasteiger partial charge in [-0.15, -0.1) is 0 Å². The molecule has 0 fully saturated rings. The number of hydrogen-bond acceptors (Lipinski definition) is 4. The summed E-state index contributed by atoms with van der Waals surface area (Å²) in [6.45, 7) is 3.67. The van der Waals surface area contributed by atoms with Gasteiger partial charge in [0, 0.05) is 12.6 Å². The summed E-state index contributed by atoms with van der Waals surface area (Å²) in [5.41, 5.74) is 0. The number of nitrogens with one attached hydrogen (secondary N) is 1. The molecule has 5 nitrogen and oxygen atoms in total. The first-order chi connectivity index (χ1) is 5.83. The number of hydrogen-bond donors (Lipinski definition) is 2. The van der Waals surface area contributed by atoms with E-state index in [1.165, 1.54) is 6.33 Å². The van der Waals surface area contributed by atoms with Crippen LogP contribution in [0.1, 0.15) is 6.92 Å². The lowest BCUT2D eigenvalue weighted by atomic mass is 10.3. The topological polar surface area (TPSA) is 63.0 Å². The first kappa shape index (κ1) is 9.15. The minimum atomic E-state index is 0.147. The summed E-state index contributed by atoms with van der Waals surface area (Å²) < 4.78 is 1.75. The third kappa shape index (κ3) is 2.98. The quantitative estimate of drug-likeness (QED) is 0.610. The molecule has 0 aromatic carbocycles. The highest BCUT2D eigenvalue weighted by molar-refractivity contribution is 4.60. The van der Waals surface area contributed by atoms with E-state index in [4.69, 9.17) is 5.11 Å². The van der Waals surface area contributed by atoms with Crippen LogP contribution in [0.15, 0.2) is 12.7 Å². The first-order valence-electron chi connectivity index (χ1n) is 3.99. The van der Waals surface area contributed by atoms with Crippen molar-refractivity contribution in [1.29, 1.82) is 0 Å². The maximum Gasteiger partial charge on any atom is 0.137 e. The number of nitrogens with zero attached hydrogens (tertiary/aromatic N) is 3. The molecule has 0 radical (unpaired) electrons. The smallest absolute Gasteiger partial charge is 0.137 e. The summed E-state index contributed by atoms with van der Waals surface area (Å²) >= 11 is 0. The molecule has 0 saturated heterocycles. The third-order valence-electron chi connectivity index (χ3n) is 1.57. The Morgan fingerprint density at radius 2 is 2.50 bits per heavy atom. The van der Waals surface area contributed by atoms with Gasteiger partial charge in [-0.1, -0.05) is 0 Å².